The van der Waals surface area contributed by atoms with Crippen LogP contribution < -0.4 is 21.1 Å². The summed E-state index contributed by atoms with van der Waals surface area (Å²) in [5.41, 5.74) is 10.9. The van der Waals surface area contributed by atoms with Crippen molar-refractivity contribution in [3.8, 4) is 11.1 Å². The van der Waals surface area contributed by atoms with Crippen LogP contribution in [0, 0.1) is 0 Å². The molecule has 1 atom stereocenters. The van der Waals surface area contributed by atoms with Gasteiger partial charge in [-0.3, -0.25) is 4.79 Å². The third-order valence-corrected chi connectivity index (χ3v) is 8.53. The van der Waals surface area contributed by atoms with E-state index in [0.717, 1.165) is 22.4 Å². The molecule has 5 N–H and O–H groups in total. The topological polar surface area (TPSA) is 119 Å². The van der Waals surface area contributed by atoms with Gasteiger partial charge in [0.05, 0.1) is 10.5 Å². The fourth-order valence-corrected chi connectivity index (χ4v) is 6.17. The quantitative estimate of drug-likeness (QED) is 0.447. The first-order valence-electron chi connectivity index (χ1n) is 9.97. The van der Waals surface area contributed by atoms with E-state index in [1.807, 2.05) is 42.5 Å². The van der Waals surface area contributed by atoms with Crippen LogP contribution in [-0.2, 0) is 21.2 Å². The van der Waals surface area contributed by atoms with Crippen molar-refractivity contribution < 1.29 is 13.2 Å². The monoisotopic (exact) mass is 476 g/mol. The van der Waals surface area contributed by atoms with Crippen LogP contribution in [0.4, 0.5) is 11.4 Å². The summed E-state index contributed by atoms with van der Waals surface area (Å²) >= 11 is 6.45. The van der Waals surface area contributed by atoms with Crippen molar-refractivity contribution in [1.82, 2.24) is 5.32 Å². The molecule has 4 rings (SSSR count). The molecule has 0 bridgehead atoms. The van der Waals surface area contributed by atoms with Gasteiger partial charge in [0.15, 0.2) is 0 Å². The van der Waals surface area contributed by atoms with E-state index in [9.17, 15) is 13.2 Å². The van der Waals surface area contributed by atoms with Crippen molar-refractivity contribution in [3.05, 3.63) is 48.0 Å². The molecule has 0 aromatic heterocycles. The van der Waals surface area contributed by atoms with Crippen molar-refractivity contribution in [3.63, 3.8) is 0 Å². The van der Waals surface area contributed by atoms with Gasteiger partial charge < -0.3 is 16.0 Å². The van der Waals surface area contributed by atoms with E-state index in [0.29, 0.717) is 42.4 Å². The van der Waals surface area contributed by atoms with Crippen LogP contribution in [0.2, 0.25) is 0 Å². The number of thioether (sulfide) groups is 1. The molecular weight excluding hydrogens is 452 g/mol. The lowest BCUT2D eigenvalue weighted by molar-refractivity contribution is -0.118. The van der Waals surface area contributed by atoms with Crippen LogP contribution >= 0.6 is 24.0 Å². The van der Waals surface area contributed by atoms with E-state index in [-0.39, 0.29) is 11.2 Å². The van der Waals surface area contributed by atoms with Crippen molar-refractivity contribution in [2.45, 2.75) is 29.8 Å². The Hall–Kier alpha value is -2.14. The summed E-state index contributed by atoms with van der Waals surface area (Å²) in [7, 11) is -3.49. The van der Waals surface area contributed by atoms with E-state index < -0.39 is 15.3 Å². The van der Waals surface area contributed by atoms with Gasteiger partial charge in [-0.25, -0.2) is 13.6 Å². The zero-order valence-corrected chi connectivity index (χ0v) is 19.2. The molecule has 2 aromatic rings. The standard InChI is InChI=1S/C21H24N4O3S3/c22-18-6-5-15(25-9-7-16(8-10-25)31(23,27)28)12-17(18)14-3-1-13(2-4-14)11-19-20(26)24-21(29)30-19/h1-6,12,16,19H,7-11,22H2,(H2,23,27,28)(H,24,26,29). The number of sulfonamides is 1. The molecule has 1 unspecified atom stereocenters. The van der Waals surface area contributed by atoms with Crippen LogP contribution in [0.15, 0.2) is 42.5 Å². The number of anilines is 2. The normalized spacial score (nSPS) is 20.2. The molecule has 1 amide bonds. The molecule has 2 saturated heterocycles. The minimum absolute atomic E-state index is 0.0396. The molecule has 10 heteroatoms. The number of hydrogen-bond acceptors (Lipinski definition) is 7. The van der Waals surface area contributed by atoms with E-state index in [2.05, 4.69) is 10.2 Å². The number of primary sulfonamides is 1. The van der Waals surface area contributed by atoms with E-state index in [4.69, 9.17) is 23.1 Å². The molecule has 0 saturated carbocycles. The molecule has 2 aromatic carbocycles. The molecule has 2 aliphatic heterocycles. The molecule has 7 nitrogen and oxygen atoms in total. The van der Waals surface area contributed by atoms with Gasteiger partial charge in [-0.15, -0.1) is 0 Å². The highest BCUT2D eigenvalue weighted by Gasteiger charge is 2.29. The lowest BCUT2D eigenvalue weighted by Gasteiger charge is -2.33. The average molecular weight is 477 g/mol. The predicted molar refractivity (Wildman–Crippen MR) is 130 cm³/mol. The van der Waals surface area contributed by atoms with Crippen LogP contribution in [0.3, 0.4) is 0 Å². The van der Waals surface area contributed by atoms with E-state index in [1.165, 1.54) is 11.8 Å². The molecule has 164 valence electrons. The third-order valence-electron chi connectivity index (χ3n) is 5.76. The molecule has 0 aliphatic carbocycles. The molecule has 2 aliphatic rings. The number of nitrogens with one attached hydrogen (secondary N) is 1. The minimum atomic E-state index is -3.49. The summed E-state index contributed by atoms with van der Waals surface area (Å²) in [4.78, 5) is 14.1. The molecular formula is C21H24N4O3S3. The molecule has 0 spiro atoms. The third kappa shape index (κ3) is 5.03. The number of piperidine rings is 1. The summed E-state index contributed by atoms with van der Waals surface area (Å²) in [6, 6.07) is 13.9. The van der Waals surface area contributed by atoms with Crippen molar-refractivity contribution in [2.75, 3.05) is 23.7 Å². The summed E-state index contributed by atoms with van der Waals surface area (Å²) in [6.07, 6.45) is 1.65. The SMILES string of the molecule is Nc1ccc(N2CCC(S(N)(=O)=O)CC2)cc1-c1ccc(CC2SC(=S)NC2=O)cc1. The number of nitrogens with two attached hydrogens (primary N) is 2. The first-order chi connectivity index (χ1) is 14.7. The smallest absolute Gasteiger partial charge is 0.239 e. The fraction of sp³-hybridized carbons (Fsp3) is 0.333. The number of amides is 1. The summed E-state index contributed by atoms with van der Waals surface area (Å²) in [5, 5.41) is 7.31. The zero-order valence-electron chi connectivity index (χ0n) is 16.8. The summed E-state index contributed by atoms with van der Waals surface area (Å²) < 4.78 is 23.7. The Labute approximate surface area is 191 Å². The minimum Gasteiger partial charge on any atom is -0.398 e. The lowest BCUT2D eigenvalue weighted by atomic mass is 9.99. The number of nitrogens with zero attached hydrogens (tertiary/aromatic N) is 1. The maximum absolute atomic E-state index is 11.9. The van der Waals surface area contributed by atoms with Gasteiger partial charge in [0, 0.05) is 30.0 Å². The molecule has 2 fully saturated rings. The summed E-state index contributed by atoms with van der Waals surface area (Å²) in [6.45, 7) is 1.26. The Kier molecular flexibility index (Phi) is 6.25. The van der Waals surface area contributed by atoms with Gasteiger partial charge >= 0.3 is 0 Å². The number of hydrogen-bond donors (Lipinski definition) is 3. The highest BCUT2D eigenvalue weighted by molar-refractivity contribution is 8.24. The van der Waals surface area contributed by atoms with Gasteiger partial charge in [-0.05, 0) is 48.6 Å². The Morgan fingerprint density at radius 2 is 1.81 bits per heavy atom. The number of thiocarbonyl (C=S) groups is 1. The van der Waals surface area contributed by atoms with Gasteiger partial charge in [0.1, 0.15) is 4.32 Å². The number of benzene rings is 2. The van der Waals surface area contributed by atoms with Crippen LogP contribution in [0.1, 0.15) is 18.4 Å². The summed E-state index contributed by atoms with van der Waals surface area (Å²) in [5.74, 6) is -0.0396. The molecule has 31 heavy (non-hydrogen) atoms. The maximum Gasteiger partial charge on any atom is 0.239 e. The number of carbonyl (C=O) groups excluding carboxylic acids is 1. The fourth-order valence-electron chi connectivity index (χ4n) is 4.00. The second-order valence-electron chi connectivity index (χ2n) is 7.83. The lowest BCUT2D eigenvalue weighted by Crippen LogP contribution is -2.41. The van der Waals surface area contributed by atoms with E-state index in [1.54, 1.807) is 0 Å². The second-order valence-corrected chi connectivity index (χ2v) is 11.6. The Bertz CT molecular complexity index is 1110. The highest BCUT2D eigenvalue weighted by Crippen LogP contribution is 2.33. The number of rotatable bonds is 5. The first-order valence-corrected chi connectivity index (χ1v) is 12.9. The van der Waals surface area contributed by atoms with Crippen LogP contribution in [-0.4, -0.2) is 42.2 Å². The predicted octanol–water partition coefficient (Wildman–Crippen LogP) is 2.25. The Morgan fingerprint density at radius 1 is 1.13 bits per heavy atom. The molecule has 0 radical (unpaired) electrons. The zero-order chi connectivity index (χ0) is 22.2. The Morgan fingerprint density at radius 3 is 2.39 bits per heavy atom. The number of nitrogen functional groups attached to an aromatic ring is 1. The van der Waals surface area contributed by atoms with Crippen molar-refractivity contribution in [2.24, 2.45) is 5.14 Å². The highest BCUT2D eigenvalue weighted by atomic mass is 32.2. The van der Waals surface area contributed by atoms with Crippen LogP contribution in [0.25, 0.3) is 11.1 Å². The van der Waals surface area contributed by atoms with Gasteiger partial charge in [-0.1, -0.05) is 48.2 Å². The number of carbonyl (C=O) groups is 1. The van der Waals surface area contributed by atoms with Crippen molar-refractivity contribution >= 4 is 55.6 Å². The van der Waals surface area contributed by atoms with Gasteiger partial charge in [-0.2, -0.15) is 0 Å². The maximum atomic E-state index is 11.9. The van der Waals surface area contributed by atoms with Crippen LogP contribution in [0.5, 0.6) is 0 Å². The Balaban J connectivity index is 1.48. The molecule has 2 heterocycles. The second kappa shape index (κ2) is 8.78. The van der Waals surface area contributed by atoms with Crippen molar-refractivity contribution in [1.29, 1.82) is 0 Å². The average Bonchev–Trinajstić information content (AvgIpc) is 3.05. The van der Waals surface area contributed by atoms with E-state index >= 15 is 0 Å². The first kappa shape index (κ1) is 22.1. The largest absolute Gasteiger partial charge is 0.398 e. The van der Waals surface area contributed by atoms with Gasteiger partial charge in [0.2, 0.25) is 15.9 Å². The van der Waals surface area contributed by atoms with Gasteiger partial charge in [0.25, 0.3) is 0 Å².